The number of allylic oxidation sites excluding steroid dienone is 1. The lowest BCUT2D eigenvalue weighted by Crippen LogP contribution is -2.55. The van der Waals surface area contributed by atoms with Crippen LogP contribution in [0.15, 0.2) is 36.4 Å². The van der Waals surface area contributed by atoms with Gasteiger partial charge in [0.05, 0.1) is 17.9 Å². The molecule has 1 fully saturated rings. The molecule has 1 aliphatic carbocycles. The van der Waals surface area contributed by atoms with Gasteiger partial charge < -0.3 is 5.73 Å². The van der Waals surface area contributed by atoms with E-state index in [0.717, 1.165) is 24.8 Å². The van der Waals surface area contributed by atoms with Crippen molar-refractivity contribution in [1.29, 1.82) is 0 Å². The van der Waals surface area contributed by atoms with E-state index in [0.29, 0.717) is 18.9 Å². The van der Waals surface area contributed by atoms with Gasteiger partial charge in [0.25, 0.3) is 5.91 Å². The van der Waals surface area contributed by atoms with Gasteiger partial charge in [0.2, 0.25) is 11.8 Å². The number of amides is 3. The highest BCUT2D eigenvalue weighted by molar-refractivity contribution is 5.89. The lowest BCUT2D eigenvalue weighted by atomic mass is 9.74. The first kappa shape index (κ1) is 26.5. The zero-order valence-corrected chi connectivity index (χ0v) is 19.9. The number of nitrogens with one attached hydrogen (secondary N) is 2. The third kappa shape index (κ3) is 8.29. The van der Waals surface area contributed by atoms with E-state index < -0.39 is 29.7 Å². The molecular weight excluding hydrogens is 420 g/mol. The van der Waals surface area contributed by atoms with Gasteiger partial charge in [-0.15, -0.1) is 0 Å². The van der Waals surface area contributed by atoms with Crippen LogP contribution < -0.4 is 16.6 Å². The molecule has 8 nitrogen and oxygen atoms in total. The molecule has 1 aromatic rings. The van der Waals surface area contributed by atoms with Gasteiger partial charge in [-0.3, -0.25) is 30.0 Å². The van der Waals surface area contributed by atoms with Crippen molar-refractivity contribution in [2.24, 2.45) is 29.4 Å². The van der Waals surface area contributed by atoms with Crippen molar-refractivity contribution in [2.75, 3.05) is 6.54 Å². The van der Waals surface area contributed by atoms with E-state index in [1.54, 1.807) is 12.4 Å². The highest BCUT2D eigenvalue weighted by Gasteiger charge is 2.37. The second-order valence-corrected chi connectivity index (χ2v) is 9.38. The molecule has 8 heteroatoms. The van der Waals surface area contributed by atoms with Gasteiger partial charge >= 0.3 is 0 Å². The highest BCUT2D eigenvalue weighted by atomic mass is 16.5. The summed E-state index contributed by atoms with van der Waals surface area (Å²) >= 11 is 0. The molecule has 0 heterocycles. The van der Waals surface area contributed by atoms with Crippen molar-refractivity contribution in [3.8, 4) is 0 Å². The van der Waals surface area contributed by atoms with Crippen molar-refractivity contribution in [3.63, 3.8) is 0 Å². The average Bonchev–Trinajstić information content (AvgIpc) is 2.75. The summed E-state index contributed by atoms with van der Waals surface area (Å²) in [5.74, 6) is -2.41. The molecule has 0 radical (unpaired) electrons. The van der Waals surface area contributed by atoms with E-state index in [1.807, 2.05) is 56.3 Å². The highest BCUT2D eigenvalue weighted by Crippen LogP contribution is 2.36. The zero-order chi connectivity index (χ0) is 24.4. The molecule has 0 saturated heterocycles. The second-order valence-electron chi connectivity index (χ2n) is 9.38. The number of hydrogen-bond donors (Lipinski definition) is 4. The van der Waals surface area contributed by atoms with Crippen molar-refractivity contribution in [3.05, 3.63) is 42.0 Å². The Morgan fingerprint density at radius 1 is 1.12 bits per heavy atom. The Hall–Kier alpha value is -2.71. The van der Waals surface area contributed by atoms with Crippen molar-refractivity contribution in [1.82, 2.24) is 15.9 Å². The summed E-state index contributed by atoms with van der Waals surface area (Å²) in [5, 5.41) is 10.6. The summed E-state index contributed by atoms with van der Waals surface area (Å²) < 4.78 is 0. The minimum Gasteiger partial charge on any atom is -0.320 e. The third-order valence-electron chi connectivity index (χ3n) is 6.03. The molecule has 3 atom stereocenters. The first-order valence-electron chi connectivity index (χ1n) is 11.8. The largest absolute Gasteiger partial charge is 0.320 e. The van der Waals surface area contributed by atoms with E-state index in [9.17, 15) is 19.6 Å². The van der Waals surface area contributed by atoms with Crippen LogP contribution in [0.1, 0.15) is 58.4 Å². The molecular formula is C25H38N4O4. The first-order valence-corrected chi connectivity index (χ1v) is 11.8. The van der Waals surface area contributed by atoms with Gasteiger partial charge in [-0.05, 0) is 37.2 Å². The summed E-state index contributed by atoms with van der Waals surface area (Å²) in [5.41, 5.74) is 11.2. The van der Waals surface area contributed by atoms with Crippen LogP contribution in [-0.4, -0.2) is 40.5 Å². The number of hydrogen-bond acceptors (Lipinski definition) is 5. The summed E-state index contributed by atoms with van der Waals surface area (Å²) in [6, 6.07) is 8.88. The van der Waals surface area contributed by atoms with Crippen LogP contribution in [0.25, 0.3) is 6.08 Å². The molecule has 3 amide bonds. The van der Waals surface area contributed by atoms with Crippen LogP contribution in [0.3, 0.4) is 0 Å². The van der Waals surface area contributed by atoms with Crippen LogP contribution in [0, 0.1) is 23.7 Å². The average molecular weight is 459 g/mol. The summed E-state index contributed by atoms with van der Waals surface area (Å²) in [6.45, 7) is 5.77. The van der Waals surface area contributed by atoms with Crippen molar-refractivity contribution >= 4 is 23.8 Å². The quantitative estimate of drug-likeness (QED) is 0.300. The van der Waals surface area contributed by atoms with E-state index in [4.69, 9.17) is 5.73 Å². The minimum absolute atomic E-state index is 0.114. The Balaban J connectivity index is 2.24. The zero-order valence-electron chi connectivity index (χ0n) is 19.9. The standard InChI is InChI=1S/C25H38N4O4/c1-17(2)16-29(25(32)18(3)26)27-23(30)22(15-20-12-7-13-20)21(24(31)28-33)14-8-11-19-9-5-4-6-10-19/h4-6,8-11,17-18,20-22,33H,7,12-16,26H2,1-3H3,(H,27,30)(H,28,31)/t18-,21+,22-/m1/s1. The van der Waals surface area contributed by atoms with Crippen LogP contribution in [-0.2, 0) is 14.4 Å². The SMILES string of the molecule is CC(C)CN(NC(=O)[C@H](CC1CCC1)[C@H](CC=Cc1ccccc1)C(=O)NO)C(=O)[C@@H](C)N. The molecule has 182 valence electrons. The third-order valence-corrected chi connectivity index (χ3v) is 6.03. The lowest BCUT2D eigenvalue weighted by molar-refractivity contribution is -0.148. The predicted molar refractivity (Wildman–Crippen MR) is 127 cm³/mol. The van der Waals surface area contributed by atoms with Crippen LogP contribution >= 0.6 is 0 Å². The Labute approximate surface area is 196 Å². The van der Waals surface area contributed by atoms with E-state index in [1.165, 1.54) is 5.01 Å². The number of hydroxylamine groups is 1. The molecule has 0 spiro atoms. The number of nitrogens with two attached hydrogens (primary N) is 1. The topological polar surface area (TPSA) is 125 Å². The molecule has 1 saturated carbocycles. The molecule has 1 aromatic carbocycles. The molecule has 0 bridgehead atoms. The summed E-state index contributed by atoms with van der Waals surface area (Å²) in [6.07, 6.45) is 7.64. The fraction of sp³-hybridized carbons (Fsp3) is 0.560. The normalized spacial score (nSPS) is 16.7. The Morgan fingerprint density at radius 3 is 2.30 bits per heavy atom. The molecule has 0 unspecified atom stereocenters. The van der Waals surface area contributed by atoms with Gasteiger partial charge in [0, 0.05) is 6.54 Å². The fourth-order valence-corrected chi connectivity index (χ4v) is 4.01. The maximum Gasteiger partial charge on any atom is 0.257 e. The molecule has 5 N–H and O–H groups in total. The number of carbonyl (C=O) groups excluding carboxylic acids is 3. The fourth-order valence-electron chi connectivity index (χ4n) is 4.01. The van der Waals surface area contributed by atoms with E-state index in [-0.39, 0.29) is 18.2 Å². The Kier molecular flexibility index (Phi) is 10.5. The van der Waals surface area contributed by atoms with Crippen LogP contribution in [0.2, 0.25) is 0 Å². The molecule has 0 aliphatic heterocycles. The Bertz CT molecular complexity index is 806. The number of hydrazine groups is 1. The first-order chi connectivity index (χ1) is 15.7. The second kappa shape index (κ2) is 13.1. The minimum atomic E-state index is -0.776. The van der Waals surface area contributed by atoms with Crippen molar-refractivity contribution in [2.45, 2.75) is 58.9 Å². The molecule has 0 aromatic heterocycles. The van der Waals surface area contributed by atoms with Crippen molar-refractivity contribution < 1.29 is 19.6 Å². The van der Waals surface area contributed by atoms with Crippen LogP contribution in [0.4, 0.5) is 0 Å². The smallest absolute Gasteiger partial charge is 0.257 e. The summed E-state index contributed by atoms with van der Waals surface area (Å²) in [4.78, 5) is 38.6. The molecule has 1 aliphatic rings. The maximum absolute atomic E-state index is 13.4. The predicted octanol–water partition coefficient (Wildman–Crippen LogP) is 2.88. The van der Waals surface area contributed by atoms with Gasteiger partial charge in [0.15, 0.2) is 0 Å². The van der Waals surface area contributed by atoms with Crippen LogP contribution in [0.5, 0.6) is 0 Å². The number of benzene rings is 1. The number of nitrogens with zero attached hydrogens (tertiary/aromatic N) is 1. The Morgan fingerprint density at radius 2 is 1.79 bits per heavy atom. The molecule has 2 rings (SSSR count). The summed E-state index contributed by atoms with van der Waals surface area (Å²) in [7, 11) is 0. The van der Waals surface area contributed by atoms with E-state index in [2.05, 4.69) is 5.43 Å². The van der Waals surface area contributed by atoms with Gasteiger partial charge in [0.1, 0.15) is 0 Å². The lowest BCUT2D eigenvalue weighted by Gasteiger charge is -2.34. The molecule has 33 heavy (non-hydrogen) atoms. The van der Waals surface area contributed by atoms with Gasteiger partial charge in [-0.25, -0.2) is 5.48 Å². The van der Waals surface area contributed by atoms with Gasteiger partial charge in [-0.2, -0.15) is 0 Å². The van der Waals surface area contributed by atoms with Gasteiger partial charge in [-0.1, -0.05) is 75.6 Å². The van der Waals surface area contributed by atoms with E-state index >= 15 is 0 Å². The monoisotopic (exact) mass is 458 g/mol. The number of carbonyl (C=O) groups is 3. The number of rotatable bonds is 11. The maximum atomic E-state index is 13.4.